The molecule has 0 saturated heterocycles. The molecule has 0 atom stereocenters. The average molecular weight is 639 g/mol. The Hall–Kier alpha value is -4.20. The van der Waals surface area contributed by atoms with E-state index in [4.69, 9.17) is 18.6 Å². The molecule has 0 fully saturated rings. The monoisotopic (exact) mass is 638 g/mol. The van der Waals surface area contributed by atoms with E-state index < -0.39 is 19.9 Å². The second-order valence-corrected chi connectivity index (χ2v) is 17.7. The summed E-state index contributed by atoms with van der Waals surface area (Å²) in [6, 6.07) is 35.8. The predicted molar refractivity (Wildman–Crippen MR) is 186 cm³/mol. The van der Waals surface area contributed by atoms with Gasteiger partial charge in [0.1, 0.15) is 30.3 Å². The molecular formula is C39H46O6Si. The van der Waals surface area contributed by atoms with Gasteiger partial charge in [0.25, 0.3) is 8.32 Å². The second kappa shape index (κ2) is 15.4. The van der Waals surface area contributed by atoms with Crippen LogP contribution >= 0.6 is 0 Å². The predicted octanol–water partition coefficient (Wildman–Crippen LogP) is 7.18. The lowest BCUT2D eigenvalue weighted by molar-refractivity contribution is -0.123. The van der Waals surface area contributed by atoms with Crippen molar-refractivity contribution in [2.45, 2.75) is 65.0 Å². The molecule has 4 rings (SSSR count). The maximum Gasteiger partial charge on any atom is 0.338 e. The molecule has 7 heteroatoms. The molecule has 0 heterocycles. The van der Waals surface area contributed by atoms with E-state index in [-0.39, 0.29) is 24.0 Å². The minimum Gasteiger partial charge on any atom is -0.486 e. The van der Waals surface area contributed by atoms with Gasteiger partial charge in [-0.1, -0.05) is 93.6 Å². The van der Waals surface area contributed by atoms with E-state index in [1.807, 2.05) is 45.0 Å². The molecule has 0 radical (unpaired) electrons. The van der Waals surface area contributed by atoms with Gasteiger partial charge in [-0.25, -0.2) is 4.79 Å². The van der Waals surface area contributed by atoms with E-state index in [0.717, 1.165) is 12.8 Å². The fraction of sp³-hybridized carbons (Fsp3) is 0.333. The zero-order valence-electron chi connectivity index (χ0n) is 27.9. The lowest BCUT2D eigenvalue weighted by Crippen LogP contribution is -2.66. The number of ketones is 1. The Morgan fingerprint density at radius 1 is 0.630 bits per heavy atom. The van der Waals surface area contributed by atoms with Crippen molar-refractivity contribution < 1.29 is 28.2 Å². The van der Waals surface area contributed by atoms with Crippen molar-refractivity contribution in [3.63, 3.8) is 0 Å². The van der Waals surface area contributed by atoms with Gasteiger partial charge in [-0.2, -0.15) is 0 Å². The molecule has 0 aromatic heterocycles. The van der Waals surface area contributed by atoms with Crippen LogP contribution in [0.4, 0.5) is 0 Å². The fourth-order valence-electron chi connectivity index (χ4n) is 5.41. The first kappa shape index (κ1) is 34.7. The zero-order valence-corrected chi connectivity index (χ0v) is 28.9. The van der Waals surface area contributed by atoms with Gasteiger partial charge >= 0.3 is 5.97 Å². The van der Waals surface area contributed by atoms with Crippen molar-refractivity contribution in [2.75, 3.05) is 19.8 Å². The van der Waals surface area contributed by atoms with Crippen LogP contribution in [-0.4, -0.2) is 45.5 Å². The molecule has 0 amide bonds. The molecule has 4 aromatic rings. The Morgan fingerprint density at radius 3 is 1.57 bits per heavy atom. The quantitative estimate of drug-likeness (QED) is 0.0828. The Balaban J connectivity index is 1.25. The Morgan fingerprint density at radius 2 is 1.11 bits per heavy atom. The number of rotatable bonds is 14. The Bertz CT molecular complexity index is 1500. The van der Waals surface area contributed by atoms with Gasteiger partial charge in [0, 0.05) is 6.61 Å². The van der Waals surface area contributed by atoms with Crippen molar-refractivity contribution in [1.82, 2.24) is 0 Å². The minimum atomic E-state index is -2.54. The molecule has 0 bridgehead atoms. The second-order valence-electron chi connectivity index (χ2n) is 13.4. The number of aryl methyl sites for hydroxylation is 1. The standard InChI is InChI=1S/C39H46O6Si/c1-38(2,3)45-37(41)31-21-25-34(26-22-31)43-29-32(40)28-42-33-23-19-30(20-24-33)14-13-27-44-46(39(4,5)6,35-15-9-7-10-16-35)36-17-11-8-12-18-36/h7-12,15-26H,13-14,27-29H2,1-6H3. The number of hydrogen-bond donors (Lipinski definition) is 0. The molecule has 6 nitrogen and oxygen atoms in total. The van der Waals surface area contributed by atoms with E-state index in [1.165, 1.54) is 15.9 Å². The average Bonchev–Trinajstić information content (AvgIpc) is 3.03. The third-order valence-corrected chi connectivity index (χ3v) is 12.6. The molecule has 0 aliphatic heterocycles. The molecule has 4 aromatic carbocycles. The topological polar surface area (TPSA) is 71.1 Å². The number of carbonyl (C=O) groups excluding carboxylic acids is 2. The van der Waals surface area contributed by atoms with Crippen LogP contribution in [0.5, 0.6) is 11.5 Å². The maximum absolute atomic E-state index is 12.4. The van der Waals surface area contributed by atoms with Crippen molar-refractivity contribution in [3.05, 3.63) is 120 Å². The normalized spacial score (nSPS) is 12.0. The minimum absolute atomic E-state index is 0.0520. The van der Waals surface area contributed by atoms with Gasteiger partial charge in [0.05, 0.1) is 5.56 Å². The largest absolute Gasteiger partial charge is 0.486 e. The maximum atomic E-state index is 12.4. The number of benzene rings is 4. The summed E-state index contributed by atoms with van der Waals surface area (Å²) in [6.07, 6.45) is 1.76. The molecule has 0 aliphatic carbocycles. The first-order valence-corrected chi connectivity index (χ1v) is 17.7. The molecule has 0 aliphatic rings. The van der Waals surface area contributed by atoms with E-state index >= 15 is 0 Å². The van der Waals surface area contributed by atoms with Crippen LogP contribution < -0.4 is 19.8 Å². The van der Waals surface area contributed by atoms with Crippen LogP contribution in [0.25, 0.3) is 0 Å². The summed E-state index contributed by atoms with van der Waals surface area (Å²) >= 11 is 0. The Labute approximate surface area is 274 Å². The van der Waals surface area contributed by atoms with Crippen LogP contribution in [0.3, 0.4) is 0 Å². The van der Waals surface area contributed by atoms with E-state index in [9.17, 15) is 9.59 Å². The van der Waals surface area contributed by atoms with Crippen LogP contribution in [0, 0.1) is 0 Å². The van der Waals surface area contributed by atoms with Crippen LogP contribution in [0.15, 0.2) is 109 Å². The van der Waals surface area contributed by atoms with Crippen molar-refractivity contribution in [2.24, 2.45) is 0 Å². The fourth-order valence-corrected chi connectivity index (χ4v) is 10.0. The number of Topliss-reactive ketones (excluding diaryl/α,β-unsaturated/α-hetero) is 1. The van der Waals surface area contributed by atoms with Gasteiger partial charge in [-0.15, -0.1) is 0 Å². The Kier molecular flexibility index (Phi) is 11.6. The van der Waals surface area contributed by atoms with Gasteiger partial charge in [0.2, 0.25) is 5.78 Å². The third-order valence-electron chi connectivity index (χ3n) is 7.56. The van der Waals surface area contributed by atoms with Crippen molar-refractivity contribution >= 4 is 30.4 Å². The lowest BCUT2D eigenvalue weighted by Gasteiger charge is -2.43. The van der Waals surface area contributed by atoms with E-state index in [0.29, 0.717) is 23.7 Å². The summed E-state index contributed by atoms with van der Waals surface area (Å²) in [5.41, 5.74) is 1.04. The van der Waals surface area contributed by atoms with Gasteiger partial charge < -0.3 is 18.6 Å². The summed E-state index contributed by atoms with van der Waals surface area (Å²) in [5, 5.41) is 2.52. The van der Waals surface area contributed by atoms with E-state index in [2.05, 4.69) is 81.4 Å². The highest BCUT2D eigenvalue weighted by Gasteiger charge is 2.49. The molecule has 0 unspecified atom stereocenters. The van der Waals surface area contributed by atoms with Crippen LogP contribution in [0.1, 0.15) is 63.9 Å². The van der Waals surface area contributed by atoms with E-state index in [1.54, 1.807) is 24.3 Å². The lowest BCUT2D eigenvalue weighted by atomic mass is 10.1. The molecule has 46 heavy (non-hydrogen) atoms. The number of ether oxygens (including phenoxy) is 3. The smallest absolute Gasteiger partial charge is 0.338 e. The first-order chi connectivity index (χ1) is 21.9. The SMILES string of the molecule is CC(C)(C)OC(=O)c1ccc(OCC(=O)COc2ccc(CCCO[Si](c3ccccc3)(c3ccccc3)C(C)(C)C)cc2)cc1. The van der Waals surface area contributed by atoms with Gasteiger partial charge in [-0.3, -0.25) is 4.79 Å². The molecule has 0 saturated carbocycles. The summed E-state index contributed by atoms with van der Waals surface area (Å²) in [5.74, 6) is 0.519. The van der Waals surface area contributed by atoms with Crippen LogP contribution in [-0.2, 0) is 20.4 Å². The molecule has 0 N–H and O–H groups in total. The highest BCUT2D eigenvalue weighted by Crippen LogP contribution is 2.36. The summed E-state index contributed by atoms with van der Waals surface area (Å²) in [4.78, 5) is 24.6. The summed E-state index contributed by atoms with van der Waals surface area (Å²) < 4.78 is 23.7. The van der Waals surface area contributed by atoms with Crippen LogP contribution in [0.2, 0.25) is 5.04 Å². The zero-order chi connectivity index (χ0) is 33.2. The molecular weight excluding hydrogens is 593 g/mol. The van der Waals surface area contributed by atoms with Crippen molar-refractivity contribution in [1.29, 1.82) is 0 Å². The van der Waals surface area contributed by atoms with Gasteiger partial charge in [-0.05, 0) is 91.0 Å². The number of carbonyl (C=O) groups is 2. The highest BCUT2D eigenvalue weighted by atomic mass is 28.4. The number of esters is 1. The number of hydrogen-bond acceptors (Lipinski definition) is 6. The van der Waals surface area contributed by atoms with Crippen molar-refractivity contribution in [3.8, 4) is 11.5 Å². The summed E-state index contributed by atoms with van der Waals surface area (Å²) in [6.45, 7) is 12.8. The first-order valence-electron chi connectivity index (χ1n) is 15.8. The molecule has 242 valence electrons. The van der Waals surface area contributed by atoms with Gasteiger partial charge in [0.15, 0.2) is 0 Å². The molecule has 0 spiro atoms. The summed E-state index contributed by atoms with van der Waals surface area (Å²) in [7, 11) is -2.54. The highest BCUT2D eigenvalue weighted by molar-refractivity contribution is 6.99. The third kappa shape index (κ3) is 9.41.